The number of aryl methyl sites for hydroxylation is 1. The smallest absolute Gasteiger partial charge is 0.489 e. The molecule has 0 N–H and O–H groups in total. The minimum atomic E-state index is -4.42. The molecule has 7 aromatic carbocycles. The van der Waals surface area contributed by atoms with Crippen LogP contribution < -0.4 is 18.7 Å². The van der Waals surface area contributed by atoms with E-state index in [1.54, 1.807) is 12.1 Å². The summed E-state index contributed by atoms with van der Waals surface area (Å²) in [7, 11) is -4.42. The molecule has 0 aliphatic rings. The second-order valence-electron chi connectivity index (χ2n) is 13.7. The highest BCUT2D eigenvalue weighted by Gasteiger charge is 2.33. The van der Waals surface area contributed by atoms with E-state index in [9.17, 15) is 9.36 Å². The number of phosphoric ester groups is 1. The Bertz CT molecular complexity index is 2350. The number of phosphoric acid groups is 1. The van der Waals surface area contributed by atoms with Crippen molar-refractivity contribution in [2.45, 2.75) is 45.9 Å². The van der Waals surface area contributed by atoms with Crippen LogP contribution in [0.5, 0.6) is 23.0 Å². The van der Waals surface area contributed by atoms with E-state index in [0.29, 0.717) is 18.8 Å². The molecular weight excluding hydrogens is 760 g/mol. The number of ether oxygens (including phenoxy) is 3. The predicted molar refractivity (Wildman–Crippen MR) is 229 cm³/mol. The van der Waals surface area contributed by atoms with E-state index < -0.39 is 7.82 Å². The highest BCUT2D eigenvalue weighted by atomic mass is 31.2. The average molecular weight is 805 g/mol. The van der Waals surface area contributed by atoms with Gasteiger partial charge < -0.3 is 18.7 Å². The number of benzene rings is 7. The molecule has 0 unspecified atom stereocenters. The summed E-state index contributed by atoms with van der Waals surface area (Å²) in [5.41, 5.74) is 5.46. The molecule has 0 aliphatic heterocycles. The van der Waals surface area contributed by atoms with Crippen molar-refractivity contribution in [3.05, 3.63) is 227 Å². The van der Waals surface area contributed by atoms with Gasteiger partial charge in [-0.15, -0.1) is 0 Å². The zero-order valence-electron chi connectivity index (χ0n) is 32.6. The maximum Gasteiger partial charge on any atom is 0.530 e. The first kappa shape index (κ1) is 40.7. The van der Waals surface area contributed by atoms with Crippen molar-refractivity contribution in [1.29, 1.82) is 0 Å². The van der Waals surface area contributed by atoms with Gasteiger partial charge in [0.2, 0.25) is 0 Å². The Hall–Kier alpha value is -6.44. The SMILES string of the molecule is O=C(CCc1ccc(OCc2ccccc2)cc1)c1c(OCc2ccccc2)cc(OCc2ccccc2)cc1OP(=O)(OCc1ccccc1)OCc1ccccc1. The van der Waals surface area contributed by atoms with Crippen LogP contribution in [0.4, 0.5) is 0 Å². The zero-order valence-corrected chi connectivity index (χ0v) is 33.5. The van der Waals surface area contributed by atoms with Crippen LogP contribution in [0, 0.1) is 0 Å². The summed E-state index contributed by atoms with van der Waals surface area (Å²) in [6.45, 7) is 0.696. The van der Waals surface area contributed by atoms with Crippen LogP contribution in [0.2, 0.25) is 0 Å². The van der Waals surface area contributed by atoms with Crippen molar-refractivity contribution in [3.63, 3.8) is 0 Å². The van der Waals surface area contributed by atoms with E-state index in [4.69, 9.17) is 27.8 Å². The summed E-state index contributed by atoms with van der Waals surface area (Å²) in [4.78, 5) is 14.5. The highest BCUT2D eigenvalue weighted by Crippen LogP contribution is 2.53. The molecule has 0 amide bonds. The van der Waals surface area contributed by atoms with Gasteiger partial charge in [-0.1, -0.05) is 164 Å². The van der Waals surface area contributed by atoms with E-state index >= 15 is 0 Å². The summed E-state index contributed by atoms with van der Waals surface area (Å²) in [5.74, 6) is 0.940. The molecule has 0 aliphatic carbocycles. The van der Waals surface area contributed by atoms with Gasteiger partial charge in [-0.25, -0.2) is 4.57 Å². The first-order chi connectivity index (χ1) is 29.0. The summed E-state index contributed by atoms with van der Waals surface area (Å²) < 4.78 is 51.8. The van der Waals surface area contributed by atoms with Gasteiger partial charge >= 0.3 is 7.82 Å². The molecule has 298 valence electrons. The first-order valence-electron chi connectivity index (χ1n) is 19.4. The molecule has 0 bridgehead atoms. The average Bonchev–Trinajstić information content (AvgIpc) is 3.29. The normalized spacial score (nSPS) is 11.1. The standard InChI is InChI=1S/C50H45O8P/c51-47(31-28-39-26-29-45(30-27-39)53-34-40-16-6-1-7-17-40)50-48(55-36-42-20-10-3-11-21-42)32-46(54-35-41-18-8-2-9-19-41)33-49(50)58-59(52,56-37-43-22-12-4-13-23-43)57-38-44-24-14-5-15-25-44/h1-27,29-30,32-33H,28,31,34-38H2. The molecular formula is C50H45O8P. The summed E-state index contributed by atoms with van der Waals surface area (Å²) in [6, 6.07) is 58.8. The number of carbonyl (C=O) groups is 1. The molecule has 59 heavy (non-hydrogen) atoms. The van der Waals surface area contributed by atoms with Crippen molar-refractivity contribution >= 4 is 13.6 Å². The van der Waals surface area contributed by atoms with Crippen LogP contribution in [-0.4, -0.2) is 5.78 Å². The number of hydrogen-bond acceptors (Lipinski definition) is 8. The van der Waals surface area contributed by atoms with Crippen LogP contribution >= 0.6 is 7.82 Å². The summed E-state index contributed by atoms with van der Waals surface area (Å²) in [6.07, 6.45) is 0.501. The predicted octanol–water partition coefficient (Wildman–Crippen LogP) is 12.2. The summed E-state index contributed by atoms with van der Waals surface area (Å²) >= 11 is 0. The van der Waals surface area contributed by atoms with E-state index in [-0.39, 0.29) is 55.7 Å². The van der Waals surface area contributed by atoms with Crippen LogP contribution in [0.1, 0.15) is 50.2 Å². The number of Topliss-reactive ketones (excluding diaryl/α,β-unsaturated/α-hetero) is 1. The first-order valence-corrected chi connectivity index (χ1v) is 20.9. The molecule has 0 spiro atoms. The lowest BCUT2D eigenvalue weighted by atomic mass is 10.0. The van der Waals surface area contributed by atoms with Gasteiger partial charge in [-0.3, -0.25) is 13.8 Å². The zero-order chi connectivity index (χ0) is 40.5. The number of hydrogen-bond donors (Lipinski definition) is 0. The molecule has 9 heteroatoms. The monoisotopic (exact) mass is 804 g/mol. The largest absolute Gasteiger partial charge is 0.530 e. The fraction of sp³-hybridized carbons (Fsp3) is 0.140. The molecule has 0 radical (unpaired) electrons. The van der Waals surface area contributed by atoms with E-state index in [0.717, 1.165) is 39.1 Å². The lowest BCUT2D eigenvalue weighted by Gasteiger charge is -2.22. The highest BCUT2D eigenvalue weighted by molar-refractivity contribution is 7.48. The topological polar surface area (TPSA) is 89.5 Å². The van der Waals surface area contributed by atoms with Crippen molar-refractivity contribution in [1.82, 2.24) is 0 Å². The van der Waals surface area contributed by atoms with Gasteiger partial charge in [-0.2, -0.15) is 0 Å². The third-order valence-electron chi connectivity index (χ3n) is 9.29. The molecule has 8 nitrogen and oxygen atoms in total. The molecule has 0 saturated carbocycles. The van der Waals surface area contributed by atoms with Crippen molar-refractivity contribution in [3.8, 4) is 23.0 Å². The van der Waals surface area contributed by atoms with Crippen LogP contribution in [-0.2, 0) is 53.1 Å². The molecule has 0 atom stereocenters. The Morgan fingerprint density at radius 1 is 0.407 bits per heavy atom. The van der Waals surface area contributed by atoms with Gasteiger partial charge in [0.05, 0.1) is 13.2 Å². The maximum absolute atomic E-state index is 14.8. The summed E-state index contributed by atoms with van der Waals surface area (Å²) in [5, 5.41) is 0. The van der Waals surface area contributed by atoms with Gasteiger partial charge in [0, 0.05) is 18.6 Å². The Morgan fingerprint density at radius 2 is 0.797 bits per heavy atom. The van der Waals surface area contributed by atoms with E-state index in [2.05, 4.69) is 0 Å². The molecule has 0 saturated heterocycles. The molecule has 0 heterocycles. The van der Waals surface area contributed by atoms with Gasteiger partial charge in [0.15, 0.2) is 5.78 Å². The van der Waals surface area contributed by atoms with Gasteiger partial charge in [-0.05, 0) is 51.9 Å². The molecule has 7 rings (SSSR count). The van der Waals surface area contributed by atoms with E-state index in [1.165, 1.54) is 0 Å². The fourth-order valence-electron chi connectivity index (χ4n) is 6.13. The molecule has 7 aromatic rings. The second kappa shape index (κ2) is 20.8. The van der Waals surface area contributed by atoms with Gasteiger partial charge in [0.25, 0.3) is 0 Å². The number of rotatable bonds is 21. The molecule has 0 aromatic heterocycles. The van der Waals surface area contributed by atoms with Crippen molar-refractivity contribution in [2.75, 3.05) is 0 Å². The van der Waals surface area contributed by atoms with Crippen molar-refractivity contribution < 1.29 is 37.1 Å². The molecule has 0 fully saturated rings. The van der Waals surface area contributed by atoms with Crippen LogP contribution in [0.25, 0.3) is 0 Å². The van der Waals surface area contributed by atoms with Crippen molar-refractivity contribution in [2.24, 2.45) is 0 Å². The van der Waals surface area contributed by atoms with Crippen LogP contribution in [0.15, 0.2) is 188 Å². The minimum absolute atomic E-state index is 0.0438. The quantitative estimate of drug-likeness (QED) is 0.0524. The Morgan fingerprint density at radius 3 is 1.25 bits per heavy atom. The lowest BCUT2D eigenvalue weighted by Crippen LogP contribution is -2.11. The Balaban J connectivity index is 1.20. The van der Waals surface area contributed by atoms with Gasteiger partial charge in [0.1, 0.15) is 48.4 Å². The van der Waals surface area contributed by atoms with E-state index in [1.807, 2.05) is 176 Å². The number of ketones is 1. The lowest BCUT2D eigenvalue weighted by molar-refractivity contribution is 0.0974. The Kier molecular flexibility index (Phi) is 14.4. The number of carbonyl (C=O) groups excluding carboxylic acids is 1. The van der Waals surface area contributed by atoms with Crippen LogP contribution in [0.3, 0.4) is 0 Å². The minimum Gasteiger partial charge on any atom is -0.489 e. The second-order valence-corrected chi connectivity index (χ2v) is 15.3. The third kappa shape index (κ3) is 12.5. The fourth-order valence-corrected chi connectivity index (χ4v) is 7.31. The maximum atomic E-state index is 14.8. The Labute approximate surface area is 345 Å². The third-order valence-corrected chi connectivity index (χ3v) is 10.6.